The molecule has 1 saturated heterocycles. The standard InChI is InChI=1S/C27H34F2IN5O4S/c1-6-15-40(37,38)32-20-8-7-18(28)25(23(20)29)35-16-19(30)24-21(35)9-10-22(31-24)33(5)17-11-13-34(14-12-17)26(36)39-27(2,3)4/h7-10,16-17,32H,6,11-15H2,1-5H3. The smallest absolute Gasteiger partial charge is 0.410 e. The van der Waals surface area contributed by atoms with Crippen LogP contribution in [0.25, 0.3) is 16.7 Å². The minimum Gasteiger partial charge on any atom is -0.444 e. The Morgan fingerprint density at radius 3 is 2.50 bits per heavy atom. The number of rotatable bonds is 7. The van der Waals surface area contributed by atoms with Crippen molar-refractivity contribution in [3.05, 3.63) is 45.7 Å². The van der Waals surface area contributed by atoms with Crippen LogP contribution in [0, 0.1) is 15.2 Å². The fraction of sp³-hybridized carbons (Fsp3) is 0.481. The normalized spacial score (nSPS) is 14.9. The van der Waals surface area contributed by atoms with Gasteiger partial charge in [-0.1, -0.05) is 6.92 Å². The molecule has 0 saturated carbocycles. The molecule has 0 spiro atoms. The number of nitrogens with one attached hydrogen (secondary N) is 1. The third-order valence-electron chi connectivity index (χ3n) is 6.66. The number of sulfonamides is 1. The van der Waals surface area contributed by atoms with Gasteiger partial charge in [-0.15, -0.1) is 0 Å². The Morgan fingerprint density at radius 1 is 1.20 bits per heavy atom. The van der Waals surface area contributed by atoms with E-state index in [9.17, 15) is 17.6 Å². The molecule has 218 valence electrons. The monoisotopic (exact) mass is 689 g/mol. The summed E-state index contributed by atoms with van der Waals surface area (Å²) < 4.78 is 64.6. The minimum absolute atomic E-state index is 0.145. The van der Waals surface area contributed by atoms with Gasteiger partial charge in [0.05, 0.1) is 20.5 Å². The summed E-state index contributed by atoms with van der Waals surface area (Å²) >= 11 is 2.07. The van der Waals surface area contributed by atoms with Gasteiger partial charge in [-0.25, -0.2) is 27.0 Å². The van der Waals surface area contributed by atoms with Gasteiger partial charge in [0.2, 0.25) is 10.0 Å². The zero-order valence-electron chi connectivity index (χ0n) is 23.2. The first-order chi connectivity index (χ1) is 18.7. The first kappa shape index (κ1) is 30.3. The number of likely N-dealkylation sites (tertiary alicyclic amines) is 1. The number of carbonyl (C=O) groups excluding carboxylic acids is 1. The van der Waals surface area contributed by atoms with E-state index in [1.54, 1.807) is 30.2 Å². The van der Waals surface area contributed by atoms with Crippen LogP contribution in [0.3, 0.4) is 0 Å². The van der Waals surface area contributed by atoms with E-state index in [1.165, 1.54) is 4.57 Å². The van der Waals surface area contributed by atoms with Gasteiger partial charge < -0.3 is 19.1 Å². The molecular formula is C27H34F2IN5O4S. The molecule has 0 bridgehead atoms. The van der Waals surface area contributed by atoms with Crippen molar-refractivity contribution >= 4 is 61.2 Å². The van der Waals surface area contributed by atoms with E-state index in [0.29, 0.717) is 39.9 Å². The maximum Gasteiger partial charge on any atom is 0.410 e. The maximum absolute atomic E-state index is 15.5. The van der Waals surface area contributed by atoms with Crippen LogP contribution < -0.4 is 9.62 Å². The number of piperidine rings is 1. The third-order valence-corrected chi connectivity index (χ3v) is 8.92. The summed E-state index contributed by atoms with van der Waals surface area (Å²) in [6.07, 6.45) is 3.10. The maximum atomic E-state index is 15.5. The quantitative estimate of drug-likeness (QED) is 0.311. The molecule has 4 rings (SSSR count). The fourth-order valence-corrected chi connectivity index (χ4v) is 6.52. The molecule has 2 aromatic heterocycles. The highest BCUT2D eigenvalue weighted by Gasteiger charge is 2.29. The Labute approximate surface area is 247 Å². The minimum atomic E-state index is -3.77. The third kappa shape index (κ3) is 6.61. The largest absolute Gasteiger partial charge is 0.444 e. The van der Waals surface area contributed by atoms with Gasteiger partial charge in [-0.2, -0.15) is 0 Å². The van der Waals surface area contributed by atoms with Gasteiger partial charge in [0.15, 0.2) is 5.82 Å². The summed E-state index contributed by atoms with van der Waals surface area (Å²) in [6, 6.07) is 5.81. The molecule has 0 atom stereocenters. The molecule has 3 heterocycles. The first-order valence-corrected chi connectivity index (χ1v) is 15.8. The summed E-state index contributed by atoms with van der Waals surface area (Å²) in [4.78, 5) is 21.0. The number of halogens is 3. The summed E-state index contributed by atoms with van der Waals surface area (Å²) in [6.45, 7) is 8.36. The Morgan fingerprint density at radius 2 is 1.88 bits per heavy atom. The summed E-state index contributed by atoms with van der Waals surface area (Å²) in [5, 5.41) is 0. The van der Waals surface area contributed by atoms with Crippen LogP contribution in [-0.2, 0) is 14.8 Å². The highest BCUT2D eigenvalue weighted by atomic mass is 127. The number of carbonyl (C=O) groups is 1. The predicted molar refractivity (Wildman–Crippen MR) is 161 cm³/mol. The first-order valence-electron chi connectivity index (χ1n) is 13.1. The van der Waals surface area contributed by atoms with Crippen LogP contribution >= 0.6 is 22.6 Å². The highest BCUT2D eigenvalue weighted by molar-refractivity contribution is 14.1. The topological polar surface area (TPSA) is 96.8 Å². The molecule has 1 aliphatic heterocycles. The molecule has 1 N–H and O–H groups in total. The number of aromatic nitrogens is 2. The molecule has 0 radical (unpaired) electrons. The molecular weight excluding hydrogens is 655 g/mol. The van der Waals surface area contributed by atoms with Crippen LogP contribution in [0.4, 0.5) is 25.1 Å². The van der Waals surface area contributed by atoms with Crippen molar-refractivity contribution in [1.82, 2.24) is 14.5 Å². The number of nitrogens with zero attached hydrogens (tertiary/aromatic N) is 4. The van der Waals surface area contributed by atoms with E-state index in [2.05, 4.69) is 32.2 Å². The van der Waals surface area contributed by atoms with E-state index in [4.69, 9.17) is 9.72 Å². The molecule has 9 nitrogen and oxygen atoms in total. The van der Waals surface area contributed by atoms with Crippen LogP contribution in [0.15, 0.2) is 30.5 Å². The molecule has 0 aliphatic carbocycles. The lowest BCUT2D eigenvalue weighted by Gasteiger charge is -2.37. The van der Waals surface area contributed by atoms with Gasteiger partial charge >= 0.3 is 6.09 Å². The van der Waals surface area contributed by atoms with Crippen LogP contribution in [-0.4, -0.2) is 66.5 Å². The average Bonchev–Trinajstić information content (AvgIpc) is 3.19. The molecule has 0 unspecified atom stereocenters. The number of hydrogen-bond acceptors (Lipinski definition) is 6. The predicted octanol–water partition coefficient (Wildman–Crippen LogP) is 5.90. The van der Waals surface area contributed by atoms with Crippen LogP contribution in [0.2, 0.25) is 0 Å². The SMILES string of the molecule is CCCS(=O)(=O)Nc1ccc(F)c(-n2cc(I)c3nc(N(C)C4CCN(C(=O)OC(C)(C)C)CC4)ccc32)c1F. The van der Waals surface area contributed by atoms with Crippen LogP contribution in [0.1, 0.15) is 47.0 Å². The molecule has 1 aliphatic rings. The number of hydrogen-bond donors (Lipinski definition) is 1. The number of fused-ring (bicyclic) bond motifs is 1. The zero-order valence-corrected chi connectivity index (χ0v) is 26.1. The lowest BCUT2D eigenvalue weighted by atomic mass is 10.0. The lowest BCUT2D eigenvalue weighted by Crippen LogP contribution is -2.47. The van der Waals surface area contributed by atoms with Crippen molar-refractivity contribution < 1.29 is 26.7 Å². The van der Waals surface area contributed by atoms with Crippen molar-refractivity contribution in [3.8, 4) is 5.69 Å². The van der Waals surface area contributed by atoms with Crippen LogP contribution in [0.5, 0.6) is 0 Å². The van der Waals surface area contributed by atoms with E-state index in [1.807, 2.05) is 27.8 Å². The van der Waals surface area contributed by atoms with Gasteiger partial charge in [-0.3, -0.25) is 4.72 Å². The van der Waals surface area contributed by atoms with Gasteiger partial charge in [0.25, 0.3) is 0 Å². The van der Waals surface area contributed by atoms with E-state index >= 15 is 4.39 Å². The Bertz CT molecular complexity index is 1520. The summed E-state index contributed by atoms with van der Waals surface area (Å²) in [5.41, 5.74) is -0.209. The Kier molecular flexibility index (Phi) is 8.83. The highest BCUT2D eigenvalue weighted by Crippen LogP contribution is 2.33. The zero-order chi connectivity index (χ0) is 29.4. The van der Waals surface area contributed by atoms with E-state index in [-0.39, 0.29) is 29.3 Å². The number of anilines is 2. The molecule has 1 amide bonds. The summed E-state index contributed by atoms with van der Waals surface area (Å²) in [5.74, 6) is -1.32. The van der Waals surface area contributed by atoms with Crippen molar-refractivity contribution in [2.24, 2.45) is 0 Å². The molecule has 13 heteroatoms. The molecule has 3 aromatic rings. The lowest BCUT2D eigenvalue weighted by molar-refractivity contribution is 0.0205. The van der Waals surface area contributed by atoms with E-state index in [0.717, 1.165) is 25.0 Å². The van der Waals surface area contributed by atoms with Gasteiger partial charge in [0, 0.05) is 32.4 Å². The number of ether oxygens (including phenoxy) is 1. The second-order valence-electron chi connectivity index (χ2n) is 10.9. The van der Waals surface area contributed by atoms with Crippen molar-refractivity contribution in [2.45, 2.75) is 58.6 Å². The Balaban J connectivity index is 1.58. The van der Waals surface area contributed by atoms with E-state index < -0.39 is 27.3 Å². The second kappa shape index (κ2) is 11.7. The fourth-order valence-electron chi connectivity index (χ4n) is 4.71. The van der Waals surface area contributed by atoms with Gasteiger partial charge in [0.1, 0.15) is 28.4 Å². The average molecular weight is 690 g/mol. The second-order valence-corrected chi connectivity index (χ2v) is 13.9. The molecule has 40 heavy (non-hydrogen) atoms. The van der Waals surface area contributed by atoms with Crippen molar-refractivity contribution in [2.75, 3.05) is 35.5 Å². The summed E-state index contributed by atoms with van der Waals surface area (Å²) in [7, 11) is -1.83. The number of pyridine rings is 1. The molecule has 1 fully saturated rings. The van der Waals surface area contributed by atoms with Gasteiger partial charge in [-0.05, 0) is 86.9 Å². The Hall–Kier alpha value is -2.68. The number of amides is 1. The number of benzene rings is 1. The van der Waals surface area contributed by atoms with Crippen molar-refractivity contribution in [3.63, 3.8) is 0 Å². The molecule has 1 aromatic carbocycles. The van der Waals surface area contributed by atoms with Crippen molar-refractivity contribution in [1.29, 1.82) is 0 Å².